The highest BCUT2D eigenvalue weighted by Crippen LogP contribution is 2.37. The van der Waals surface area contributed by atoms with E-state index in [9.17, 15) is 18.0 Å². The maximum Gasteiger partial charge on any atom is 0.269 e. The van der Waals surface area contributed by atoms with Crippen LogP contribution < -0.4 is 20.3 Å². The van der Waals surface area contributed by atoms with Gasteiger partial charge >= 0.3 is 0 Å². The highest BCUT2D eigenvalue weighted by Gasteiger charge is 2.39. The minimum atomic E-state index is -3.77. The van der Waals surface area contributed by atoms with Crippen LogP contribution in [0, 0.1) is 11.8 Å². The molecule has 0 aliphatic heterocycles. The molecule has 29 heavy (non-hydrogen) atoms. The molecule has 0 unspecified atom stereocenters. The molecular weight excluding hydrogens is 394 g/mol. The van der Waals surface area contributed by atoms with Gasteiger partial charge in [0.2, 0.25) is 5.91 Å². The van der Waals surface area contributed by atoms with Gasteiger partial charge in [-0.05, 0) is 67.8 Å². The Morgan fingerprint density at radius 1 is 1.03 bits per heavy atom. The van der Waals surface area contributed by atoms with Crippen molar-refractivity contribution >= 4 is 27.5 Å². The lowest BCUT2D eigenvalue weighted by Gasteiger charge is -2.10. The number of sulfonamides is 1. The standard InChI is InChI=1S/C20H23N3O5S/c1-3-28-16-8-10-17(11-9-16)29(26,27)23-15-6-4-14(5-7-15)19(24)21-22-20(25)18-12-13(18)2/h4-11,13,18,23H,3,12H2,1-2H3,(H,21,24)(H,22,25)/t13-,18+/m1/s1. The van der Waals surface area contributed by atoms with Crippen molar-refractivity contribution in [2.45, 2.75) is 25.2 Å². The Morgan fingerprint density at radius 2 is 1.66 bits per heavy atom. The summed E-state index contributed by atoms with van der Waals surface area (Å²) < 4.78 is 32.7. The van der Waals surface area contributed by atoms with E-state index in [1.54, 1.807) is 12.1 Å². The third kappa shape index (κ3) is 5.26. The summed E-state index contributed by atoms with van der Waals surface area (Å²) >= 11 is 0. The Labute approximate surface area is 169 Å². The van der Waals surface area contributed by atoms with Crippen molar-refractivity contribution in [3.05, 3.63) is 54.1 Å². The normalized spacial score (nSPS) is 17.9. The Bertz CT molecular complexity index is 988. The van der Waals surface area contributed by atoms with Crippen LogP contribution in [-0.2, 0) is 14.8 Å². The molecule has 0 radical (unpaired) electrons. The van der Waals surface area contributed by atoms with E-state index in [4.69, 9.17) is 4.74 Å². The molecule has 1 fully saturated rings. The summed E-state index contributed by atoms with van der Waals surface area (Å²) in [6.45, 7) is 4.31. The van der Waals surface area contributed by atoms with Crippen molar-refractivity contribution < 1.29 is 22.7 Å². The van der Waals surface area contributed by atoms with Crippen molar-refractivity contribution in [1.29, 1.82) is 0 Å². The van der Waals surface area contributed by atoms with Crippen molar-refractivity contribution in [2.75, 3.05) is 11.3 Å². The van der Waals surface area contributed by atoms with Crippen LogP contribution in [0.25, 0.3) is 0 Å². The summed E-state index contributed by atoms with van der Waals surface area (Å²) in [5, 5.41) is 0. The third-order valence-corrected chi connectivity index (χ3v) is 5.99. The fraction of sp³-hybridized carbons (Fsp3) is 0.300. The number of rotatable bonds is 7. The summed E-state index contributed by atoms with van der Waals surface area (Å²) in [7, 11) is -3.77. The lowest BCUT2D eigenvalue weighted by atomic mass is 10.2. The van der Waals surface area contributed by atoms with Crippen molar-refractivity contribution in [1.82, 2.24) is 10.9 Å². The Kier molecular flexibility index (Phi) is 6.07. The van der Waals surface area contributed by atoms with E-state index in [-0.39, 0.29) is 22.3 Å². The van der Waals surface area contributed by atoms with Crippen molar-refractivity contribution in [3.8, 4) is 5.75 Å². The van der Waals surface area contributed by atoms with E-state index in [0.29, 0.717) is 24.0 Å². The number of anilines is 1. The van der Waals surface area contributed by atoms with Gasteiger partial charge in [0.15, 0.2) is 0 Å². The Morgan fingerprint density at radius 3 is 2.21 bits per heavy atom. The molecule has 2 aromatic rings. The first-order chi connectivity index (χ1) is 13.8. The number of benzene rings is 2. The van der Waals surface area contributed by atoms with Crippen LogP contribution in [0.1, 0.15) is 30.6 Å². The van der Waals surface area contributed by atoms with Crippen LogP contribution in [0.15, 0.2) is 53.4 Å². The second kappa shape index (κ2) is 8.52. The summed E-state index contributed by atoms with van der Waals surface area (Å²) in [6.07, 6.45) is 0.824. The van der Waals surface area contributed by atoms with Crippen LogP contribution in [0.5, 0.6) is 5.75 Å². The third-order valence-electron chi connectivity index (χ3n) is 4.59. The molecule has 1 saturated carbocycles. The van der Waals surface area contributed by atoms with E-state index in [1.165, 1.54) is 36.4 Å². The first-order valence-corrected chi connectivity index (χ1v) is 10.7. The first-order valence-electron chi connectivity index (χ1n) is 9.26. The topological polar surface area (TPSA) is 114 Å². The maximum absolute atomic E-state index is 12.5. The molecule has 2 atom stereocenters. The molecular formula is C20H23N3O5S. The zero-order chi connectivity index (χ0) is 21.0. The molecule has 0 aromatic heterocycles. The van der Waals surface area contributed by atoms with Gasteiger partial charge in [-0.3, -0.25) is 25.2 Å². The predicted octanol–water partition coefficient (Wildman–Crippen LogP) is 2.30. The number of hydrogen-bond acceptors (Lipinski definition) is 5. The number of hydrazine groups is 1. The lowest BCUT2D eigenvalue weighted by molar-refractivity contribution is -0.123. The first kappa shape index (κ1) is 20.7. The molecule has 0 spiro atoms. The molecule has 1 aliphatic rings. The van der Waals surface area contributed by atoms with Gasteiger partial charge in [0.25, 0.3) is 15.9 Å². The average Bonchev–Trinajstić information content (AvgIpc) is 3.43. The second-order valence-electron chi connectivity index (χ2n) is 6.85. The zero-order valence-corrected chi connectivity index (χ0v) is 17.0. The number of carbonyl (C=O) groups is 2. The van der Waals surface area contributed by atoms with E-state index in [2.05, 4.69) is 15.6 Å². The summed E-state index contributed by atoms with van der Waals surface area (Å²) in [5.74, 6) is 0.201. The molecule has 3 N–H and O–H groups in total. The lowest BCUT2D eigenvalue weighted by Crippen LogP contribution is -2.42. The number of amides is 2. The number of ether oxygens (including phenoxy) is 1. The van der Waals surface area contributed by atoms with Crippen molar-refractivity contribution in [2.24, 2.45) is 11.8 Å². The van der Waals surface area contributed by atoms with Gasteiger partial charge in [-0.15, -0.1) is 0 Å². The SMILES string of the molecule is CCOc1ccc(S(=O)(=O)Nc2ccc(C(=O)NNC(=O)[C@H]3C[C@H]3C)cc2)cc1. The number of hydrogen-bond donors (Lipinski definition) is 3. The molecule has 0 bridgehead atoms. The van der Waals surface area contributed by atoms with Gasteiger partial charge in [-0.25, -0.2) is 8.42 Å². The van der Waals surface area contributed by atoms with Crippen molar-refractivity contribution in [3.63, 3.8) is 0 Å². The Balaban J connectivity index is 1.59. The quantitative estimate of drug-likeness (QED) is 0.598. The van der Waals surface area contributed by atoms with Crippen LogP contribution in [-0.4, -0.2) is 26.8 Å². The van der Waals surface area contributed by atoms with Crippen LogP contribution in [0.2, 0.25) is 0 Å². The average molecular weight is 417 g/mol. The summed E-state index contributed by atoms with van der Waals surface area (Å²) in [4.78, 5) is 23.9. The van der Waals surface area contributed by atoms with Gasteiger partial charge in [0, 0.05) is 17.2 Å². The molecule has 8 nitrogen and oxygen atoms in total. The molecule has 0 saturated heterocycles. The summed E-state index contributed by atoms with van der Waals surface area (Å²) in [5.41, 5.74) is 5.36. The van der Waals surface area contributed by atoms with Gasteiger partial charge < -0.3 is 4.74 Å². The zero-order valence-electron chi connectivity index (χ0n) is 16.1. The number of carbonyl (C=O) groups excluding carboxylic acids is 2. The van der Waals surface area contributed by atoms with Crippen LogP contribution >= 0.6 is 0 Å². The van der Waals surface area contributed by atoms with E-state index in [1.807, 2.05) is 13.8 Å². The van der Waals surface area contributed by atoms with E-state index >= 15 is 0 Å². The van der Waals surface area contributed by atoms with E-state index < -0.39 is 15.9 Å². The molecule has 154 valence electrons. The molecule has 3 rings (SSSR count). The molecule has 2 amide bonds. The Hall–Kier alpha value is -3.07. The largest absolute Gasteiger partial charge is 0.494 e. The van der Waals surface area contributed by atoms with Crippen LogP contribution in [0.3, 0.4) is 0 Å². The monoisotopic (exact) mass is 417 g/mol. The van der Waals surface area contributed by atoms with Gasteiger partial charge in [0.05, 0.1) is 11.5 Å². The van der Waals surface area contributed by atoms with Crippen LogP contribution in [0.4, 0.5) is 5.69 Å². The van der Waals surface area contributed by atoms with Gasteiger partial charge in [-0.1, -0.05) is 6.92 Å². The molecule has 0 heterocycles. The highest BCUT2D eigenvalue weighted by atomic mass is 32.2. The fourth-order valence-corrected chi connectivity index (χ4v) is 3.81. The summed E-state index contributed by atoms with van der Waals surface area (Å²) in [6, 6.07) is 12.0. The van der Waals surface area contributed by atoms with E-state index in [0.717, 1.165) is 6.42 Å². The van der Waals surface area contributed by atoms with Gasteiger partial charge in [0.1, 0.15) is 5.75 Å². The molecule has 9 heteroatoms. The fourth-order valence-electron chi connectivity index (χ4n) is 2.76. The van der Waals surface area contributed by atoms with Gasteiger partial charge in [-0.2, -0.15) is 0 Å². The predicted molar refractivity (Wildman–Crippen MR) is 108 cm³/mol. The minimum Gasteiger partial charge on any atom is -0.494 e. The molecule has 2 aromatic carbocycles. The second-order valence-corrected chi connectivity index (χ2v) is 8.53. The minimum absolute atomic E-state index is 0.0466. The number of nitrogens with one attached hydrogen (secondary N) is 3. The smallest absolute Gasteiger partial charge is 0.269 e. The molecule has 1 aliphatic carbocycles. The highest BCUT2D eigenvalue weighted by molar-refractivity contribution is 7.92. The maximum atomic E-state index is 12.5.